The SMILES string of the molecule is CC(C)CCC[C@@H](C)[C@H]1CC[C@H]2[C@@H]3[C@H]4OC(C)(C)O[C@@H]4[C@H]4Cc5nc(N)sc5C[C@]4(C)[C@H]3CC[C@]12C. The zero-order valence-electron chi connectivity index (χ0n) is 23.8. The molecule has 202 valence electrons. The maximum Gasteiger partial charge on any atom is 0.180 e. The lowest BCUT2D eigenvalue weighted by atomic mass is 9.43. The van der Waals surface area contributed by atoms with Gasteiger partial charge < -0.3 is 15.2 Å². The lowest BCUT2D eigenvalue weighted by molar-refractivity contribution is -0.173. The van der Waals surface area contributed by atoms with E-state index in [0.717, 1.165) is 41.6 Å². The first-order valence-corrected chi connectivity index (χ1v) is 15.8. The quantitative estimate of drug-likeness (QED) is 0.442. The van der Waals surface area contributed by atoms with E-state index in [-0.39, 0.29) is 17.6 Å². The highest BCUT2D eigenvalue weighted by atomic mass is 32.1. The van der Waals surface area contributed by atoms with Gasteiger partial charge in [-0.3, -0.25) is 0 Å². The molecule has 0 radical (unpaired) electrons. The summed E-state index contributed by atoms with van der Waals surface area (Å²) in [7, 11) is 0. The van der Waals surface area contributed by atoms with Gasteiger partial charge >= 0.3 is 0 Å². The molecule has 0 aromatic carbocycles. The van der Waals surface area contributed by atoms with Gasteiger partial charge in [0.2, 0.25) is 0 Å². The first kappa shape index (κ1) is 25.6. The van der Waals surface area contributed by atoms with E-state index in [1.165, 1.54) is 55.5 Å². The largest absolute Gasteiger partial charge is 0.375 e. The van der Waals surface area contributed by atoms with E-state index < -0.39 is 5.79 Å². The van der Waals surface area contributed by atoms with Crippen LogP contribution in [0.25, 0.3) is 0 Å². The smallest absolute Gasteiger partial charge is 0.180 e. The molecule has 5 aliphatic rings. The van der Waals surface area contributed by atoms with Crippen LogP contribution in [-0.4, -0.2) is 23.0 Å². The molecule has 1 aliphatic heterocycles. The highest BCUT2D eigenvalue weighted by Crippen LogP contribution is 2.70. The summed E-state index contributed by atoms with van der Waals surface area (Å²) in [6.45, 7) is 16.9. The molecule has 36 heavy (non-hydrogen) atoms. The molecule has 6 rings (SSSR count). The molecule has 3 saturated carbocycles. The van der Waals surface area contributed by atoms with Crippen molar-refractivity contribution in [3.63, 3.8) is 0 Å². The molecular formula is C31H50N2O2S. The van der Waals surface area contributed by atoms with Crippen molar-refractivity contribution < 1.29 is 9.47 Å². The van der Waals surface area contributed by atoms with Crippen molar-refractivity contribution in [2.45, 2.75) is 124 Å². The third kappa shape index (κ3) is 3.84. The first-order chi connectivity index (χ1) is 16.9. The van der Waals surface area contributed by atoms with Gasteiger partial charge in [-0.2, -0.15) is 0 Å². The van der Waals surface area contributed by atoms with Crippen LogP contribution >= 0.6 is 11.3 Å². The number of nitrogen functional groups attached to an aromatic ring is 1. The Kier molecular flexibility index (Phi) is 6.18. The zero-order chi connectivity index (χ0) is 25.6. The molecule has 2 N–H and O–H groups in total. The first-order valence-electron chi connectivity index (χ1n) is 15.0. The Labute approximate surface area is 223 Å². The minimum absolute atomic E-state index is 0.173. The van der Waals surface area contributed by atoms with E-state index in [9.17, 15) is 0 Å². The molecule has 4 aliphatic carbocycles. The second kappa shape index (κ2) is 8.68. The fourth-order valence-electron chi connectivity index (χ4n) is 10.4. The number of rotatable bonds is 5. The fourth-order valence-corrected chi connectivity index (χ4v) is 11.4. The van der Waals surface area contributed by atoms with E-state index in [1.807, 2.05) is 0 Å². The number of anilines is 1. The van der Waals surface area contributed by atoms with Crippen molar-refractivity contribution in [1.82, 2.24) is 4.98 Å². The topological polar surface area (TPSA) is 57.4 Å². The van der Waals surface area contributed by atoms with E-state index in [2.05, 4.69) is 48.5 Å². The number of ether oxygens (including phenoxy) is 2. The summed E-state index contributed by atoms with van der Waals surface area (Å²) in [6, 6.07) is 0. The Morgan fingerprint density at radius 2 is 1.67 bits per heavy atom. The number of hydrogen-bond donors (Lipinski definition) is 1. The van der Waals surface area contributed by atoms with Crippen molar-refractivity contribution >= 4 is 16.5 Å². The van der Waals surface area contributed by atoms with Crippen molar-refractivity contribution in [2.24, 2.45) is 52.3 Å². The zero-order valence-corrected chi connectivity index (χ0v) is 24.6. The molecule has 5 heteroatoms. The number of thiazole rings is 1. The molecule has 4 nitrogen and oxygen atoms in total. The molecule has 1 aromatic heterocycles. The van der Waals surface area contributed by atoms with E-state index in [0.29, 0.717) is 23.2 Å². The maximum absolute atomic E-state index is 6.88. The van der Waals surface area contributed by atoms with Crippen LogP contribution in [0, 0.1) is 52.3 Å². The number of nitrogens with two attached hydrogens (primary N) is 1. The van der Waals surface area contributed by atoms with Crippen LogP contribution in [0.4, 0.5) is 5.13 Å². The van der Waals surface area contributed by atoms with Gasteiger partial charge in [-0.1, -0.05) is 53.9 Å². The third-order valence-electron chi connectivity index (χ3n) is 11.9. The van der Waals surface area contributed by atoms with E-state index >= 15 is 0 Å². The number of hydrogen-bond acceptors (Lipinski definition) is 5. The molecule has 2 heterocycles. The lowest BCUT2D eigenvalue weighted by Crippen LogP contribution is -2.63. The maximum atomic E-state index is 6.88. The third-order valence-corrected chi connectivity index (χ3v) is 12.8. The van der Waals surface area contributed by atoms with Crippen molar-refractivity contribution in [3.8, 4) is 0 Å². The van der Waals surface area contributed by atoms with Gasteiger partial charge in [0.15, 0.2) is 10.9 Å². The molecule has 0 amide bonds. The highest BCUT2D eigenvalue weighted by molar-refractivity contribution is 7.15. The monoisotopic (exact) mass is 514 g/mol. The van der Waals surface area contributed by atoms with Crippen LogP contribution in [0.3, 0.4) is 0 Å². The van der Waals surface area contributed by atoms with Gasteiger partial charge in [-0.25, -0.2) is 4.98 Å². The van der Waals surface area contributed by atoms with Gasteiger partial charge in [0.1, 0.15) is 0 Å². The Morgan fingerprint density at radius 1 is 0.944 bits per heavy atom. The molecule has 1 aromatic rings. The van der Waals surface area contributed by atoms with Crippen LogP contribution in [0.2, 0.25) is 0 Å². The summed E-state index contributed by atoms with van der Waals surface area (Å²) in [5.74, 6) is 4.53. The van der Waals surface area contributed by atoms with Crippen molar-refractivity contribution in [2.75, 3.05) is 5.73 Å². The van der Waals surface area contributed by atoms with Gasteiger partial charge in [-0.05, 0) is 105 Å². The van der Waals surface area contributed by atoms with Crippen LogP contribution in [-0.2, 0) is 22.3 Å². The van der Waals surface area contributed by atoms with Gasteiger partial charge in [0.05, 0.1) is 17.9 Å². The van der Waals surface area contributed by atoms with Gasteiger partial charge in [0, 0.05) is 4.88 Å². The molecule has 4 fully saturated rings. The van der Waals surface area contributed by atoms with E-state index in [1.54, 1.807) is 11.3 Å². The summed E-state index contributed by atoms with van der Waals surface area (Å²) in [4.78, 5) is 6.20. The number of nitrogens with zero attached hydrogens (tertiary/aromatic N) is 1. The Balaban J connectivity index is 1.33. The van der Waals surface area contributed by atoms with Crippen LogP contribution in [0.1, 0.15) is 104 Å². The standard InChI is InChI=1S/C31H50N2O2S/c1-17(2)9-8-10-18(3)19-11-12-20-25-21(13-14-30(19,20)6)31(7)16-24-23(33-28(32)36-24)15-22(31)26-27(25)35-29(4,5)34-26/h17-22,25-27H,8-16H2,1-7H3,(H2,32,33)/t18-,19-,20+,21+,22-,25+,26-,27-,30-,31-/m1/s1. The van der Waals surface area contributed by atoms with Crippen LogP contribution in [0.15, 0.2) is 0 Å². The Bertz CT molecular complexity index is 989. The summed E-state index contributed by atoms with van der Waals surface area (Å²) in [6.07, 6.45) is 12.2. The molecule has 0 unspecified atom stereocenters. The molecular weight excluding hydrogens is 464 g/mol. The minimum Gasteiger partial charge on any atom is -0.375 e. The summed E-state index contributed by atoms with van der Waals surface area (Å²) < 4.78 is 13.7. The average molecular weight is 515 g/mol. The van der Waals surface area contributed by atoms with Crippen LogP contribution < -0.4 is 5.73 Å². The predicted octanol–water partition coefficient (Wildman–Crippen LogP) is 7.50. The van der Waals surface area contributed by atoms with Gasteiger partial charge in [0.25, 0.3) is 0 Å². The number of aromatic nitrogens is 1. The second-order valence-electron chi connectivity index (χ2n) is 14.8. The Hall–Kier alpha value is -0.650. The Morgan fingerprint density at radius 3 is 2.42 bits per heavy atom. The summed E-state index contributed by atoms with van der Waals surface area (Å²) in [5, 5.41) is 0.737. The number of fused-ring (bicyclic) bond motifs is 9. The molecule has 0 spiro atoms. The minimum atomic E-state index is -0.498. The molecule has 0 bridgehead atoms. The normalized spacial score (nSPS) is 45.5. The predicted molar refractivity (Wildman–Crippen MR) is 148 cm³/mol. The van der Waals surface area contributed by atoms with Crippen molar-refractivity contribution in [3.05, 3.63) is 10.6 Å². The van der Waals surface area contributed by atoms with E-state index in [4.69, 9.17) is 20.2 Å². The molecule has 1 saturated heterocycles. The average Bonchev–Trinajstić information content (AvgIpc) is 3.42. The fraction of sp³-hybridized carbons (Fsp3) is 0.903. The summed E-state index contributed by atoms with van der Waals surface area (Å²) >= 11 is 1.74. The summed E-state index contributed by atoms with van der Waals surface area (Å²) in [5.41, 5.74) is 8.13. The van der Waals surface area contributed by atoms with Gasteiger partial charge in [-0.15, -0.1) is 11.3 Å². The van der Waals surface area contributed by atoms with Crippen LogP contribution in [0.5, 0.6) is 0 Å². The highest BCUT2D eigenvalue weighted by Gasteiger charge is 2.68. The lowest BCUT2D eigenvalue weighted by Gasteiger charge is -2.62. The molecule has 10 atom stereocenters. The second-order valence-corrected chi connectivity index (χ2v) is 15.9. The van der Waals surface area contributed by atoms with Crippen molar-refractivity contribution in [1.29, 1.82) is 0 Å².